The molecule has 0 radical (unpaired) electrons. The molecule has 1 aromatic rings. The minimum atomic E-state index is -4.80. The number of rotatable bonds is 4. The van der Waals surface area contributed by atoms with Crippen molar-refractivity contribution >= 4 is 38.4 Å². The Bertz CT molecular complexity index is 853. The highest BCUT2D eigenvalue weighted by Gasteiger charge is 2.49. The Morgan fingerprint density at radius 3 is 2.56 bits per heavy atom. The van der Waals surface area contributed by atoms with Gasteiger partial charge in [0.1, 0.15) is 5.75 Å². The summed E-state index contributed by atoms with van der Waals surface area (Å²) in [5, 5.41) is 0.108. The van der Waals surface area contributed by atoms with E-state index >= 15 is 0 Å². The number of carbonyl (C=O) groups excluding carboxylic acids is 1. The summed E-state index contributed by atoms with van der Waals surface area (Å²) in [6, 6.07) is 4.68. The number of alkyl halides is 3. The van der Waals surface area contributed by atoms with Crippen molar-refractivity contribution in [1.29, 1.82) is 0 Å². The lowest BCUT2D eigenvalue weighted by Gasteiger charge is -2.24. The average molecular weight is 422 g/mol. The van der Waals surface area contributed by atoms with E-state index < -0.39 is 22.2 Å². The molecule has 2 heterocycles. The third-order valence-corrected chi connectivity index (χ3v) is 7.31. The molecule has 148 valence electrons. The number of halogens is 3. The summed E-state index contributed by atoms with van der Waals surface area (Å²) in [6.07, 6.45) is -3.90. The number of hydrogen-bond acceptors (Lipinski definition) is 5. The molecule has 2 aliphatic rings. The molecule has 2 atom stereocenters. The fourth-order valence-corrected chi connectivity index (χ4v) is 6.98. The quantitative estimate of drug-likeness (QED) is 0.743. The Kier molecular flexibility index (Phi) is 5.44. The first-order chi connectivity index (χ1) is 12.6. The van der Waals surface area contributed by atoms with E-state index in [1.807, 2.05) is 6.92 Å². The number of nitrogens with zero attached hydrogens (tertiary/aromatic N) is 2. The molecule has 0 N–H and O–H groups in total. The van der Waals surface area contributed by atoms with Crippen LogP contribution in [0.1, 0.15) is 19.8 Å². The molecule has 1 aromatic carbocycles. The zero-order chi connectivity index (χ0) is 19.8. The number of fused-ring (bicyclic) bond motifs is 1. The summed E-state index contributed by atoms with van der Waals surface area (Å²) in [5.74, 6) is -0.805. The Morgan fingerprint density at radius 1 is 1.30 bits per heavy atom. The summed E-state index contributed by atoms with van der Waals surface area (Å²) < 4.78 is 64.8. The maximum absolute atomic E-state index is 12.3. The smallest absolute Gasteiger partial charge is 0.406 e. The first-order valence-electron chi connectivity index (χ1n) is 8.21. The molecule has 1 amide bonds. The molecule has 2 aliphatic heterocycles. The number of thioether (sulfide) groups is 1. The molecule has 0 aromatic heterocycles. The van der Waals surface area contributed by atoms with Gasteiger partial charge in [0.2, 0.25) is 5.91 Å². The number of amides is 1. The average Bonchev–Trinajstić information content (AvgIpc) is 2.98. The molecule has 3 rings (SSSR count). The minimum absolute atomic E-state index is 0.0188. The molecule has 2 saturated heterocycles. The van der Waals surface area contributed by atoms with Crippen molar-refractivity contribution in [2.45, 2.75) is 37.4 Å². The molecule has 27 heavy (non-hydrogen) atoms. The number of aliphatic imine (C=N–C) groups is 1. The highest BCUT2D eigenvalue weighted by molar-refractivity contribution is 8.16. The van der Waals surface area contributed by atoms with Gasteiger partial charge in [-0.05, 0) is 30.7 Å². The van der Waals surface area contributed by atoms with Crippen molar-refractivity contribution in [3.05, 3.63) is 24.3 Å². The van der Waals surface area contributed by atoms with Crippen LogP contribution in [-0.4, -0.2) is 48.7 Å². The van der Waals surface area contributed by atoms with Crippen LogP contribution in [0.3, 0.4) is 0 Å². The molecule has 0 spiro atoms. The molecule has 0 bridgehead atoms. The summed E-state index contributed by atoms with van der Waals surface area (Å²) in [5.41, 5.74) is 0.463. The summed E-state index contributed by atoms with van der Waals surface area (Å²) in [6.45, 7) is 1.85. The zero-order valence-electron chi connectivity index (χ0n) is 14.3. The Balaban J connectivity index is 1.91. The normalized spacial score (nSPS) is 25.6. The predicted octanol–water partition coefficient (Wildman–Crippen LogP) is 2.99. The number of hydrogen-bond donors (Lipinski definition) is 0. The van der Waals surface area contributed by atoms with Crippen molar-refractivity contribution in [3.63, 3.8) is 0 Å². The molecule has 2 fully saturated rings. The number of amidine groups is 1. The Hall–Kier alpha value is -1.75. The van der Waals surface area contributed by atoms with Gasteiger partial charge in [0.25, 0.3) is 0 Å². The van der Waals surface area contributed by atoms with E-state index in [1.54, 1.807) is 4.90 Å². The van der Waals surface area contributed by atoms with E-state index in [0.29, 0.717) is 17.3 Å². The molecule has 0 saturated carbocycles. The lowest BCUT2D eigenvalue weighted by molar-refractivity contribution is -0.274. The van der Waals surface area contributed by atoms with Crippen molar-refractivity contribution in [3.8, 4) is 5.75 Å². The fourth-order valence-electron chi connectivity index (χ4n) is 3.05. The standard InChI is InChI=1S/C16H17F3N2O4S2/c1-2-3-14(22)20-15-21(12-8-27(23,24)9-13(12)26-15)10-4-6-11(7-5-10)25-16(17,18)19/h4-7,12-13H,2-3,8-9H2,1H3/t12-,13+/m0/s1. The summed E-state index contributed by atoms with van der Waals surface area (Å²) in [7, 11) is -3.22. The van der Waals surface area contributed by atoms with Gasteiger partial charge in [0.15, 0.2) is 15.0 Å². The van der Waals surface area contributed by atoms with Crippen LogP contribution in [-0.2, 0) is 14.6 Å². The van der Waals surface area contributed by atoms with Gasteiger partial charge >= 0.3 is 6.36 Å². The van der Waals surface area contributed by atoms with Gasteiger partial charge in [-0.3, -0.25) is 4.79 Å². The summed E-state index contributed by atoms with van der Waals surface area (Å²) in [4.78, 5) is 17.7. The lowest BCUT2D eigenvalue weighted by atomic mass is 10.2. The number of benzene rings is 1. The van der Waals surface area contributed by atoms with Crippen molar-refractivity contribution < 1.29 is 31.1 Å². The number of sulfone groups is 1. The molecular weight excluding hydrogens is 405 g/mol. The van der Waals surface area contributed by atoms with Crippen LogP contribution in [0.4, 0.5) is 18.9 Å². The minimum Gasteiger partial charge on any atom is -0.406 e. The predicted molar refractivity (Wildman–Crippen MR) is 96.8 cm³/mol. The molecule has 0 unspecified atom stereocenters. The van der Waals surface area contributed by atoms with Crippen LogP contribution < -0.4 is 9.64 Å². The number of anilines is 1. The van der Waals surface area contributed by atoms with Gasteiger partial charge in [-0.15, -0.1) is 13.2 Å². The van der Waals surface area contributed by atoms with Crippen molar-refractivity contribution in [2.75, 3.05) is 16.4 Å². The largest absolute Gasteiger partial charge is 0.573 e. The van der Waals surface area contributed by atoms with E-state index in [2.05, 4.69) is 9.73 Å². The molecule has 0 aliphatic carbocycles. The van der Waals surface area contributed by atoms with Gasteiger partial charge in [0, 0.05) is 17.4 Å². The van der Waals surface area contributed by atoms with Gasteiger partial charge in [0.05, 0.1) is 17.5 Å². The van der Waals surface area contributed by atoms with E-state index in [-0.39, 0.29) is 34.8 Å². The van der Waals surface area contributed by atoms with Gasteiger partial charge in [-0.1, -0.05) is 18.7 Å². The van der Waals surface area contributed by atoms with E-state index in [4.69, 9.17) is 0 Å². The molecule has 6 nitrogen and oxygen atoms in total. The van der Waals surface area contributed by atoms with Crippen LogP contribution in [0.5, 0.6) is 5.75 Å². The first-order valence-corrected chi connectivity index (χ1v) is 10.9. The fraction of sp³-hybridized carbons (Fsp3) is 0.500. The number of ether oxygens (including phenoxy) is 1. The van der Waals surface area contributed by atoms with Crippen LogP contribution in [0.2, 0.25) is 0 Å². The second kappa shape index (κ2) is 7.34. The topological polar surface area (TPSA) is 76.0 Å². The van der Waals surface area contributed by atoms with Crippen LogP contribution >= 0.6 is 11.8 Å². The maximum Gasteiger partial charge on any atom is 0.573 e. The Labute approximate surface area is 158 Å². The van der Waals surface area contributed by atoms with E-state index in [0.717, 1.165) is 12.1 Å². The third kappa shape index (κ3) is 4.75. The van der Waals surface area contributed by atoms with Gasteiger partial charge in [-0.25, -0.2) is 8.42 Å². The van der Waals surface area contributed by atoms with Gasteiger partial charge in [-0.2, -0.15) is 4.99 Å². The monoisotopic (exact) mass is 422 g/mol. The second-order valence-electron chi connectivity index (χ2n) is 6.25. The SMILES string of the molecule is CCCC(=O)N=C1S[C@@H]2CS(=O)(=O)C[C@@H]2N1c1ccc(OC(F)(F)F)cc1. The van der Waals surface area contributed by atoms with Crippen LogP contribution in [0.15, 0.2) is 29.3 Å². The van der Waals surface area contributed by atoms with Crippen LogP contribution in [0.25, 0.3) is 0 Å². The highest BCUT2D eigenvalue weighted by Crippen LogP contribution is 2.41. The van der Waals surface area contributed by atoms with Crippen molar-refractivity contribution in [2.24, 2.45) is 4.99 Å². The van der Waals surface area contributed by atoms with Crippen LogP contribution in [0, 0.1) is 0 Å². The van der Waals surface area contributed by atoms with E-state index in [1.165, 1.54) is 23.9 Å². The van der Waals surface area contributed by atoms with E-state index in [9.17, 15) is 26.4 Å². The maximum atomic E-state index is 12.3. The second-order valence-corrected chi connectivity index (χ2v) is 9.61. The summed E-state index contributed by atoms with van der Waals surface area (Å²) >= 11 is 1.22. The Morgan fingerprint density at radius 2 is 1.96 bits per heavy atom. The number of carbonyl (C=O) groups is 1. The third-order valence-electron chi connectivity index (χ3n) is 4.10. The van der Waals surface area contributed by atoms with Crippen molar-refractivity contribution in [1.82, 2.24) is 0 Å². The lowest BCUT2D eigenvalue weighted by Crippen LogP contribution is -2.37. The molecular formula is C16H17F3N2O4S2. The highest BCUT2D eigenvalue weighted by atomic mass is 32.2. The molecule has 11 heteroatoms. The van der Waals surface area contributed by atoms with Gasteiger partial charge < -0.3 is 9.64 Å². The zero-order valence-corrected chi connectivity index (χ0v) is 15.9. The first kappa shape index (κ1) is 20.0.